The molecule has 0 fully saturated rings. The minimum atomic E-state index is -0.114. The molecule has 0 saturated heterocycles. The quantitative estimate of drug-likeness (QED) is 0.776. The number of halogens is 1. The fraction of sp³-hybridized carbons (Fsp3) is 0.562. The minimum Gasteiger partial charge on any atom is -0.483 e. The van der Waals surface area contributed by atoms with Gasteiger partial charge in [-0.15, -0.1) is 0 Å². The number of carbonyl (C=O) groups excluding carboxylic acids is 1. The van der Waals surface area contributed by atoms with Crippen LogP contribution in [0.2, 0.25) is 5.02 Å². The highest BCUT2D eigenvalue weighted by molar-refractivity contribution is 6.30. The molecule has 1 aromatic rings. The molecule has 0 aliphatic rings. The number of amides is 1. The molecular weight excluding hydrogens is 288 g/mol. The average molecular weight is 313 g/mol. The molecule has 0 aliphatic carbocycles. The van der Waals surface area contributed by atoms with E-state index in [0.29, 0.717) is 29.7 Å². The normalized spacial score (nSPS) is 12.3. The van der Waals surface area contributed by atoms with Crippen LogP contribution in [-0.4, -0.2) is 25.1 Å². The standard InChI is InChI=1S/C16H25ClN2O2/c1-11(2)6-7-19-16(20)10-21-15-5-4-14(17)9-13(15)8-12(3)18/h4-5,9,11-12H,6-8,10,18H2,1-3H3,(H,19,20). The van der Waals surface area contributed by atoms with Gasteiger partial charge >= 0.3 is 0 Å². The number of rotatable bonds is 8. The summed E-state index contributed by atoms with van der Waals surface area (Å²) in [7, 11) is 0. The molecule has 0 bridgehead atoms. The highest BCUT2D eigenvalue weighted by Crippen LogP contribution is 2.24. The number of hydrogen-bond acceptors (Lipinski definition) is 3. The van der Waals surface area contributed by atoms with Crippen molar-refractivity contribution in [3.8, 4) is 5.75 Å². The Kier molecular flexibility index (Phi) is 7.54. The van der Waals surface area contributed by atoms with Crippen LogP contribution in [0.25, 0.3) is 0 Å². The predicted octanol–water partition coefficient (Wildman–Crippen LogP) is 2.77. The van der Waals surface area contributed by atoms with E-state index in [2.05, 4.69) is 19.2 Å². The highest BCUT2D eigenvalue weighted by Gasteiger charge is 2.09. The Labute approximate surface area is 132 Å². The van der Waals surface area contributed by atoms with Crippen LogP contribution < -0.4 is 15.8 Å². The van der Waals surface area contributed by atoms with Crippen LogP contribution in [0.1, 0.15) is 32.8 Å². The molecule has 5 heteroatoms. The molecule has 1 rings (SSSR count). The van der Waals surface area contributed by atoms with Crippen LogP contribution in [0.3, 0.4) is 0 Å². The first-order valence-electron chi connectivity index (χ1n) is 7.32. The van der Waals surface area contributed by atoms with E-state index in [9.17, 15) is 4.79 Å². The van der Waals surface area contributed by atoms with Crippen LogP contribution >= 0.6 is 11.6 Å². The van der Waals surface area contributed by atoms with Crippen molar-refractivity contribution in [2.75, 3.05) is 13.2 Å². The van der Waals surface area contributed by atoms with Gasteiger partial charge in [-0.2, -0.15) is 0 Å². The molecule has 21 heavy (non-hydrogen) atoms. The van der Waals surface area contributed by atoms with Crippen molar-refractivity contribution in [2.24, 2.45) is 11.7 Å². The molecule has 1 aromatic carbocycles. The molecule has 3 N–H and O–H groups in total. The van der Waals surface area contributed by atoms with E-state index in [-0.39, 0.29) is 18.6 Å². The molecule has 118 valence electrons. The molecule has 0 radical (unpaired) electrons. The number of nitrogens with one attached hydrogen (secondary N) is 1. The van der Waals surface area contributed by atoms with Gasteiger partial charge in [0.1, 0.15) is 5.75 Å². The molecule has 0 spiro atoms. The molecule has 0 aliphatic heterocycles. The third-order valence-corrected chi connectivity index (χ3v) is 3.20. The van der Waals surface area contributed by atoms with E-state index < -0.39 is 0 Å². The third kappa shape index (κ3) is 7.34. The van der Waals surface area contributed by atoms with Gasteiger partial charge in [0.25, 0.3) is 5.91 Å². The van der Waals surface area contributed by atoms with Crippen LogP contribution in [0.5, 0.6) is 5.75 Å². The summed E-state index contributed by atoms with van der Waals surface area (Å²) in [5.74, 6) is 1.12. The van der Waals surface area contributed by atoms with Crippen molar-refractivity contribution in [2.45, 2.75) is 39.7 Å². The molecule has 1 amide bonds. The topological polar surface area (TPSA) is 64.3 Å². The molecule has 0 aromatic heterocycles. The molecule has 1 atom stereocenters. The van der Waals surface area contributed by atoms with Crippen molar-refractivity contribution in [3.63, 3.8) is 0 Å². The monoisotopic (exact) mass is 312 g/mol. The first-order chi connectivity index (χ1) is 9.88. The van der Waals surface area contributed by atoms with Gasteiger partial charge in [0.2, 0.25) is 0 Å². The molecule has 4 nitrogen and oxygen atoms in total. The van der Waals surface area contributed by atoms with Crippen molar-refractivity contribution in [1.29, 1.82) is 0 Å². The zero-order chi connectivity index (χ0) is 15.8. The first kappa shape index (κ1) is 17.8. The predicted molar refractivity (Wildman–Crippen MR) is 86.8 cm³/mol. The Morgan fingerprint density at radius 2 is 2.10 bits per heavy atom. The Balaban J connectivity index is 2.52. The van der Waals surface area contributed by atoms with Gasteiger partial charge in [0.15, 0.2) is 6.61 Å². The van der Waals surface area contributed by atoms with Gasteiger partial charge in [0.05, 0.1) is 0 Å². The van der Waals surface area contributed by atoms with E-state index in [4.69, 9.17) is 22.1 Å². The first-order valence-corrected chi connectivity index (χ1v) is 7.69. The average Bonchev–Trinajstić information content (AvgIpc) is 2.36. The number of benzene rings is 1. The Morgan fingerprint density at radius 3 is 2.71 bits per heavy atom. The fourth-order valence-corrected chi connectivity index (χ4v) is 2.08. The molecule has 1 unspecified atom stereocenters. The van der Waals surface area contributed by atoms with Gasteiger partial charge in [-0.1, -0.05) is 25.4 Å². The second kappa shape index (κ2) is 8.90. The van der Waals surface area contributed by atoms with Crippen LogP contribution in [0.15, 0.2) is 18.2 Å². The SMILES string of the molecule is CC(C)CCNC(=O)COc1ccc(Cl)cc1CC(C)N. The lowest BCUT2D eigenvalue weighted by Crippen LogP contribution is -2.30. The van der Waals surface area contributed by atoms with Gasteiger partial charge in [-0.25, -0.2) is 0 Å². The van der Waals surface area contributed by atoms with Gasteiger partial charge < -0.3 is 15.8 Å². The lowest BCUT2D eigenvalue weighted by molar-refractivity contribution is -0.123. The van der Waals surface area contributed by atoms with E-state index in [1.54, 1.807) is 12.1 Å². The summed E-state index contributed by atoms with van der Waals surface area (Å²) in [6, 6.07) is 5.36. The second-order valence-electron chi connectivity index (χ2n) is 5.75. The molecular formula is C16H25ClN2O2. The molecule has 0 saturated carbocycles. The van der Waals surface area contributed by atoms with Gasteiger partial charge in [-0.05, 0) is 49.4 Å². The largest absolute Gasteiger partial charge is 0.483 e. The lowest BCUT2D eigenvalue weighted by Gasteiger charge is -2.14. The summed E-state index contributed by atoms with van der Waals surface area (Å²) in [5, 5.41) is 3.48. The zero-order valence-corrected chi connectivity index (χ0v) is 13.7. The van der Waals surface area contributed by atoms with Crippen LogP contribution in [-0.2, 0) is 11.2 Å². The van der Waals surface area contributed by atoms with Gasteiger partial charge in [-0.3, -0.25) is 4.79 Å². The summed E-state index contributed by atoms with van der Waals surface area (Å²) in [4.78, 5) is 11.7. The summed E-state index contributed by atoms with van der Waals surface area (Å²) in [6.45, 7) is 6.84. The lowest BCUT2D eigenvalue weighted by atomic mass is 10.1. The van der Waals surface area contributed by atoms with Crippen molar-refractivity contribution in [3.05, 3.63) is 28.8 Å². The summed E-state index contributed by atoms with van der Waals surface area (Å²) < 4.78 is 5.59. The van der Waals surface area contributed by atoms with E-state index >= 15 is 0 Å². The van der Waals surface area contributed by atoms with E-state index in [1.807, 2.05) is 13.0 Å². The number of nitrogens with two attached hydrogens (primary N) is 1. The maximum Gasteiger partial charge on any atom is 0.257 e. The van der Waals surface area contributed by atoms with E-state index in [0.717, 1.165) is 12.0 Å². The van der Waals surface area contributed by atoms with Crippen LogP contribution in [0.4, 0.5) is 0 Å². The maximum atomic E-state index is 11.7. The zero-order valence-electron chi connectivity index (χ0n) is 13.0. The Morgan fingerprint density at radius 1 is 1.38 bits per heavy atom. The smallest absolute Gasteiger partial charge is 0.257 e. The molecule has 0 heterocycles. The summed E-state index contributed by atoms with van der Waals surface area (Å²) in [6.07, 6.45) is 1.62. The number of ether oxygens (including phenoxy) is 1. The Hall–Kier alpha value is -1.26. The van der Waals surface area contributed by atoms with Crippen molar-refractivity contribution in [1.82, 2.24) is 5.32 Å². The summed E-state index contributed by atoms with van der Waals surface area (Å²) >= 11 is 5.99. The third-order valence-electron chi connectivity index (χ3n) is 2.97. The van der Waals surface area contributed by atoms with Crippen molar-refractivity contribution >= 4 is 17.5 Å². The fourth-order valence-electron chi connectivity index (χ4n) is 1.89. The van der Waals surface area contributed by atoms with Gasteiger partial charge in [0, 0.05) is 17.6 Å². The minimum absolute atomic E-state index is 0.00526. The number of hydrogen-bond donors (Lipinski definition) is 2. The van der Waals surface area contributed by atoms with Crippen LogP contribution in [0, 0.1) is 5.92 Å². The second-order valence-corrected chi connectivity index (χ2v) is 6.19. The van der Waals surface area contributed by atoms with Crippen molar-refractivity contribution < 1.29 is 9.53 Å². The number of carbonyl (C=O) groups is 1. The van der Waals surface area contributed by atoms with E-state index in [1.165, 1.54) is 0 Å². The Bertz CT molecular complexity index is 462. The maximum absolute atomic E-state index is 11.7. The summed E-state index contributed by atoms with van der Waals surface area (Å²) in [5.41, 5.74) is 6.74. The highest BCUT2D eigenvalue weighted by atomic mass is 35.5.